The summed E-state index contributed by atoms with van der Waals surface area (Å²) in [7, 11) is 3.28. The molecule has 1 fully saturated rings. The van der Waals surface area contributed by atoms with Crippen molar-refractivity contribution in [2.75, 3.05) is 51.8 Å². The van der Waals surface area contributed by atoms with E-state index in [-0.39, 0.29) is 11.9 Å². The van der Waals surface area contributed by atoms with Gasteiger partial charge in [-0.1, -0.05) is 24.3 Å². The second-order valence-electron chi connectivity index (χ2n) is 8.82. The van der Waals surface area contributed by atoms with E-state index in [1.165, 1.54) is 0 Å². The van der Waals surface area contributed by atoms with Crippen LogP contribution in [0.3, 0.4) is 0 Å². The van der Waals surface area contributed by atoms with Gasteiger partial charge in [0.1, 0.15) is 11.5 Å². The Bertz CT molecular complexity index is 1120. The van der Waals surface area contributed by atoms with Crippen LogP contribution in [0.1, 0.15) is 29.2 Å². The molecule has 1 heterocycles. The molecule has 0 saturated carbocycles. The Morgan fingerprint density at radius 3 is 1.97 bits per heavy atom. The van der Waals surface area contributed by atoms with Crippen molar-refractivity contribution in [2.45, 2.75) is 12.5 Å². The highest BCUT2D eigenvalue weighted by molar-refractivity contribution is 5.79. The predicted octanol–water partition coefficient (Wildman–Crippen LogP) is 3.99. The number of nitriles is 1. The summed E-state index contributed by atoms with van der Waals surface area (Å²) in [6, 6.07) is 25.1. The van der Waals surface area contributed by atoms with E-state index in [9.17, 15) is 4.79 Å². The van der Waals surface area contributed by atoms with Crippen molar-refractivity contribution >= 4 is 11.6 Å². The van der Waals surface area contributed by atoms with Crippen LogP contribution in [0, 0.1) is 11.3 Å². The van der Waals surface area contributed by atoms with Crippen LogP contribution < -0.4 is 19.7 Å². The van der Waals surface area contributed by atoms with Gasteiger partial charge < -0.3 is 19.7 Å². The maximum absolute atomic E-state index is 13.2. The zero-order valence-electron chi connectivity index (χ0n) is 20.8. The van der Waals surface area contributed by atoms with E-state index < -0.39 is 0 Å². The molecule has 7 nitrogen and oxygen atoms in total. The first-order valence-corrected chi connectivity index (χ1v) is 12.1. The van der Waals surface area contributed by atoms with Gasteiger partial charge >= 0.3 is 0 Å². The number of carbonyl (C=O) groups is 1. The molecule has 0 bridgehead atoms. The highest BCUT2D eigenvalue weighted by atomic mass is 16.5. The van der Waals surface area contributed by atoms with Gasteiger partial charge in [0, 0.05) is 31.9 Å². The van der Waals surface area contributed by atoms with Crippen molar-refractivity contribution in [3.8, 4) is 17.6 Å². The number of rotatable bonds is 8. The van der Waals surface area contributed by atoms with E-state index in [0.29, 0.717) is 12.1 Å². The van der Waals surface area contributed by atoms with Crippen LogP contribution in [0.2, 0.25) is 0 Å². The van der Waals surface area contributed by atoms with Gasteiger partial charge in [0.15, 0.2) is 0 Å². The highest BCUT2D eigenvalue weighted by Crippen LogP contribution is 2.26. The lowest BCUT2D eigenvalue weighted by molar-refractivity contribution is -0.122. The van der Waals surface area contributed by atoms with Crippen LogP contribution in [0.25, 0.3) is 0 Å². The molecule has 1 N–H and O–H groups in total. The lowest BCUT2D eigenvalue weighted by Crippen LogP contribution is -2.40. The Balaban J connectivity index is 1.42. The fourth-order valence-corrected chi connectivity index (χ4v) is 4.50. The summed E-state index contributed by atoms with van der Waals surface area (Å²) in [6.45, 7) is 3.74. The van der Waals surface area contributed by atoms with Crippen LogP contribution >= 0.6 is 0 Å². The molecule has 4 rings (SSSR count). The molecular weight excluding hydrogens is 452 g/mol. The molecule has 0 radical (unpaired) electrons. The number of amides is 1. The molecule has 0 aliphatic carbocycles. The third-order valence-electron chi connectivity index (χ3n) is 6.52. The summed E-state index contributed by atoms with van der Waals surface area (Å²) in [4.78, 5) is 17.7. The number of anilines is 1. The Morgan fingerprint density at radius 1 is 0.861 bits per heavy atom. The van der Waals surface area contributed by atoms with Crippen LogP contribution in [-0.4, -0.2) is 57.8 Å². The number of benzene rings is 3. The van der Waals surface area contributed by atoms with Crippen molar-refractivity contribution in [3.05, 3.63) is 89.5 Å². The summed E-state index contributed by atoms with van der Waals surface area (Å²) >= 11 is 0. The molecule has 3 aromatic carbocycles. The first-order valence-electron chi connectivity index (χ1n) is 12.1. The highest BCUT2D eigenvalue weighted by Gasteiger charge is 2.21. The Kier molecular flexibility index (Phi) is 8.43. The Morgan fingerprint density at radius 2 is 1.44 bits per heavy atom. The standard InChI is InChI=1S/C29H32N4O3/c1-35-26-12-6-23(7-13-26)29(24-8-14-27(36-2)15-9-24)31-28(34)21-32-16-3-17-33(19-18-32)25-10-4-22(20-30)5-11-25/h4-15,29H,3,16-19,21H2,1-2H3,(H,31,34). The van der Waals surface area contributed by atoms with E-state index in [1.807, 2.05) is 72.8 Å². The van der Waals surface area contributed by atoms with Gasteiger partial charge in [-0.3, -0.25) is 9.69 Å². The third kappa shape index (κ3) is 6.35. The van der Waals surface area contributed by atoms with Crippen molar-refractivity contribution in [2.24, 2.45) is 0 Å². The molecule has 1 aliphatic heterocycles. The Labute approximate surface area is 212 Å². The van der Waals surface area contributed by atoms with Gasteiger partial charge in [-0.25, -0.2) is 0 Å². The zero-order chi connectivity index (χ0) is 25.3. The molecule has 1 aliphatic rings. The number of carbonyl (C=O) groups excluding carboxylic acids is 1. The predicted molar refractivity (Wildman–Crippen MR) is 140 cm³/mol. The minimum absolute atomic E-state index is 0.0153. The van der Waals surface area contributed by atoms with E-state index >= 15 is 0 Å². The first kappa shape index (κ1) is 25.1. The van der Waals surface area contributed by atoms with E-state index in [1.54, 1.807) is 14.2 Å². The molecule has 3 aromatic rings. The minimum Gasteiger partial charge on any atom is -0.497 e. The third-order valence-corrected chi connectivity index (χ3v) is 6.52. The molecule has 0 aromatic heterocycles. The van der Waals surface area contributed by atoms with Crippen LogP contribution in [0.5, 0.6) is 11.5 Å². The molecule has 36 heavy (non-hydrogen) atoms. The van der Waals surface area contributed by atoms with Crippen molar-refractivity contribution in [1.82, 2.24) is 10.2 Å². The molecule has 186 valence electrons. The van der Waals surface area contributed by atoms with Crippen LogP contribution in [0.4, 0.5) is 5.69 Å². The van der Waals surface area contributed by atoms with E-state index in [0.717, 1.165) is 60.9 Å². The van der Waals surface area contributed by atoms with E-state index in [4.69, 9.17) is 14.7 Å². The summed E-state index contributed by atoms with van der Waals surface area (Å²) in [5, 5.41) is 12.3. The van der Waals surface area contributed by atoms with Gasteiger partial charge in [0.05, 0.1) is 38.4 Å². The maximum Gasteiger partial charge on any atom is 0.234 e. The molecule has 0 atom stereocenters. The molecule has 0 spiro atoms. The molecule has 0 unspecified atom stereocenters. The second-order valence-corrected chi connectivity index (χ2v) is 8.82. The molecule has 7 heteroatoms. The average molecular weight is 485 g/mol. The molecule has 1 amide bonds. The minimum atomic E-state index is -0.281. The molecule has 1 saturated heterocycles. The number of nitrogens with one attached hydrogen (secondary N) is 1. The fourth-order valence-electron chi connectivity index (χ4n) is 4.50. The van der Waals surface area contributed by atoms with Crippen LogP contribution in [-0.2, 0) is 4.79 Å². The summed E-state index contributed by atoms with van der Waals surface area (Å²) in [5.74, 6) is 1.53. The fraction of sp³-hybridized carbons (Fsp3) is 0.310. The van der Waals surface area contributed by atoms with Crippen molar-refractivity contribution < 1.29 is 14.3 Å². The number of hydrogen-bond acceptors (Lipinski definition) is 6. The average Bonchev–Trinajstić information content (AvgIpc) is 3.17. The lowest BCUT2D eigenvalue weighted by atomic mass is 9.98. The van der Waals surface area contributed by atoms with Crippen molar-refractivity contribution in [1.29, 1.82) is 5.26 Å². The van der Waals surface area contributed by atoms with E-state index in [2.05, 4.69) is 21.2 Å². The summed E-state index contributed by atoms with van der Waals surface area (Å²) in [5.41, 5.74) is 3.74. The lowest BCUT2D eigenvalue weighted by Gasteiger charge is -2.25. The smallest absolute Gasteiger partial charge is 0.234 e. The molecular formula is C29H32N4O3. The number of ether oxygens (including phenoxy) is 2. The van der Waals surface area contributed by atoms with Crippen molar-refractivity contribution in [3.63, 3.8) is 0 Å². The number of hydrogen-bond donors (Lipinski definition) is 1. The number of nitrogens with zero attached hydrogens (tertiary/aromatic N) is 3. The number of methoxy groups -OCH3 is 2. The largest absolute Gasteiger partial charge is 0.497 e. The van der Waals surface area contributed by atoms with Gasteiger partial charge in [0.25, 0.3) is 0 Å². The Hall–Kier alpha value is -4.02. The SMILES string of the molecule is COc1ccc(C(NC(=O)CN2CCCN(c3ccc(C#N)cc3)CC2)c2ccc(OC)cc2)cc1. The normalized spacial score (nSPS) is 14.1. The summed E-state index contributed by atoms with van der Waals surface area (Å²) in [6.07, 6.45) is 0.966. The summed E-state index contributed by atoms with van der Waals surface area (Å²) < 4.78 is 10.6. The van der Waals surface area contributed by atoms with Gasteiger partial charge in [-0.2, -0.15) is 5.26 Å². The van der Waals surface area contributed by atoms with Gasteiger partial charge in [-0.05, 0) is 66.1 Å². The quantitative estimate of drug-likeness (QED) is 0.521. The monoisotopic (exact) mass is 484 g/mol. The topological polar surface area (TPSA) is 77.8 Å². The van der Waals surface area contributed by atoms with Crippen LogP contribution in [0.15, 0.2) is 72.8 Å². The first-order chi connectivity index (χ1) is 17.6. The second kappa shape index (κ2) is 12.1. The van der Waals surface area contributed by atoms with Gasteiger partial charge in [-0.15, -0.1) is 0 Å². The van der Waals surface area contributed by atoms with Gasteiger partial charge in [0.2, 0.25) is 5.91 Å². The zero-order valence-corrected chi connectivity index (χ0v) is 20.8. The maximum atomic E-state index is 13.2.